The molecule has 0 fully saturated rings. The van der Waals surface area contributed by atoms with Crippen LogP contribution in [-0.2, 0) is 0 Å². The van der Waals surface area contributed by atoms with Crippen LogP contribution in [-0.4, -0.2) is 11.9 Å². The molecule has 0 spiro atoms. The van der Waals surface area contributed by atoms with Crippen LogP contribution in [0.4, 0.5) is 18.9 Å². The molecule has 0 amide bonds. The summed E-state index contributed by atoms with van der Waals surface area (Å²) in [6.07, 6.45) is -2.25. The highest BCUT2D eigenvalue weighted by Crippen LogP contribution is 2.24. The van der Waals surface area contributed by atoms with Crippen molar-refractivity contribution in [1.82, 2.24) is 0 Å². The van der Waals surface area contributed by atoms with Crippen molar-refractivity contribution in [3.63, 3.8) is 0 Å². The monoisotopic (exact) mass is 226 g/mol. The maximum Gasteiger partial charge on any atom is 0.394 e. The predicted octanol–water partition coefficient (Wildman–Crippen LogP) is 3.43. The van der Waals surface area contributed by atoms with Gasteiger partial charge in [0.05, 0.1) is 17.8 Å². The van der Waals surface area contributed by atoms with E-state index in [-0.39, 0.29) is 5.71 Å². The molecule has 0 bridgehead atoms. The summed E-state index contributed by atoms with van der Waals surface area (Å²) in [5, 5.41) is 3.71. The molecule has 0 atom stereocenters. The summed E-state index contributed by atoms with van der Waals surface area (Å²) in [4.78, 5) is 0. The summed E-state index contributed by atoms with van der Waals surface area (Å²) in [5.41, 5.74) is 4.13. The molecular formula is C11H9F3N2. The van der Waals surface area contributed by atoms with Gasteiger partial charge in [0.2, 0.25) is 0 Å². The number of allylic oxidation sites excluding steroid dienone is 1. The zero-order valence-electron chi connectivity index (χ0n) is 8.25. The number of fused-ring (bicyclic) bond motifs is 1. The number of benzene rings is 1. The van der Waals surface area contributed by atoms with E-state index in [0.29, 0.717) is 5.69 Å². The van der Waals surface area contributed by atoms with Crippen LogP contribution in [0.3, 0.4) is 0 Å². The SMILES string of the molecule is FC(F)(F)CC1=NNc2ccccc2C=C1. The highest BCUT2D eigenvalue weighted by Gasteiger charge is 2.29. The van der Waals surface area contributed by atoms with Gasteiger partial charge in [-0.1, -0.05) is 24.3 Å². The number of anilines is 1. The molecule has 2 nitrogen and oxygen atoms in total. The minimum absolute atomic E-state index is 0.0244. The van der Waals surface area contributed by atoms with E-state index in [4.69, 9.17) is 0 Å². The Hall–Kier alpha value is -1.78. The fraction of sp³-hybridized carbons (Fsp3) is 0.182. The van der Waals surface area contributed by atoms with Gasteiger partial charge in [-0.2, -0.15) is 18.3 Å². The first-order chi connectivity index (χ1) is 7.54. The average Bonchev–Trinajstić information content (AvgIpc) is 2.39. The van der Waals surface area contributed by atoms with Crippen molar-refractivity contribution in [2.24, 2.45) is 5.10 Å². The van der Waals surface area contributed by atoms with E-state index in [1.165, 1.54) is 6.08 Å². The van der Waals surface area contributed by atoms with Crippen molar-refractivity contribution in [1.29, 1.82) is 0 Å². The Morgan fingerprint density at radius 3 is 2.62 bits per heavy atom. The Morgan fingerprint density at radius 1 is 1.12 bits per heavy atom. The van der Waals surface area contributed by atoms with Crippen LogP contribution in [0.25, 0.3) is 6.08 Å². The zero-order chi connectivity index (χ0) is 11.6. The Kier molecular flexibility index (Phi) is 2.68. The maximum atomic E-state index is 12.2. The first-order valence-electron chi connectivity index (χ1n) is 4.71. The summed E-state index contributed by atoms with van der Waals surface area (Å²) in [6.45, 7) is 0. The largest absolute Gasteiger partial charge is 0.394 e. The summed E-state index contributed by atoms with van der Waals surface area (Å²) in [7, 11) is 0. The van der Waals surface area contributed by atoms with Gasteiger partial charge in [-0.15, -0.1) is 0 Å². The highest BCUT2D eigenvalue weighted by molar-refractivity contribution is 6.00. The minimum Gasteiger partial charge on any atom is -0.278 e. The average molecular weight is 226 g/mol. The summed E-state index contributed by atoms with van der Waals surface area (Å²) in [5.74, 6) is 0. The first-order valence-corrected chi connectivity index (χ1v) is 4.71. The van der Waals surface area contributed by atoms with Gasteiger partial charge in [0.1, 0.15) is 0 Å². The lowest BCUT2D eigenvalue weighted by atomic mass is 10.1. The molecule has 1 heterocycles. The molecule has 1 N–H and O–H groups in total. The highest BCUT2D eigenvalue weighted by atomic mass is 19.4. The number of hydrazone groups is 1. The van der Waals surface area contributed by atoms with Gasteiger partial charge in [-0.25, -0.2) is 0 Å². The number of alkyl halides is 3. The van der Waals surface area contributed by atoms with E-state index in [2.05, 4.69) is 10.5 Å². The van der Waals surface area contributed by atoms with Crippen LogP contribution >= 0.6 is 0 Å². The molecule has 1 aliphatic rings. The lowest BCUT2D eigenvalue weighted by Gasteiger charge is -2.05. The molecule has 0 aliphatic carbocycles. The lowest BCUT2D eigenvalue weighted by Crippen LogP contribution is -2.14. The third kappa shape index (κ3) is 2.62. The number of hydrogen-bond donors (Lipinski definition) is 1. The molecule has 0 saturated heterocycles. The van der Waals surface area contributed by atoms with Gasteiger partial charge in [0.15, 0.2) is 0 Å². The number of nitrogens with one attached hydrogen (secondary N) is 1. The molecule has 2 rings (SSSR count). The summed E-state index contributed by atoms with van der Waals surface area (Å²) < 4.78 is 36.5. The first kappa shape index (κ1) is 10.7. The fourth-order valence-electron chi connectivity index (χ4n) is 1.40. The summed E-state index contributed by atoms with van der Waals surface area (Å²) in [6, 6.07) is 7.19. The molecule has 0 saturated carbocycles. The van der Waals surface area contributed by atoms with Gasteiger partial charge >= 0.3 is 6.18 Å². The van der Waals surface area contributed by atoms with Crippen LogP contribution in [0.5, 0.6) is 0 Å². The molecule has 1 aromatic carbocycles. The van der Waals surface area contributed by atoms with Crippen molar-refractivity contribution in [3.8, 4) is 0 Å². The molecule has 1 aromatic rings. The van der Waals surface area contributed by atoms with E-state index in [0.717, 1.165) is 5.56 Å². The van der Waals surface area contributed by atoms with E-state index in [9.17, 15) is 13.2 Å². The van der Waals surface area contributed by atoms with E-state index >= 15 is 0 Å². The van der Waals surface area contributed by atoms with E-state index in [1.807, 2.05) is 12.1 Å². The fourth-order valence-corrected chi connectivity index (χ4v) is 1.40. The standard InChI is InChI=1S/C11H9F3N2/c12-11(13,14)7-9-6-5-8-3-1-2-4-10(8)16-15-9/h1-6,16H,7H2. The third-order valence-corrected chi connectivity index (χ3v) is 2.12. The van der Waals surface area contributed by atoms with E-state index in [1.54, 1.807) is 18.2 Å². The molecule has 16 heavy (non-hydrogen) atoms. The number of hydrogen-bond acceptors (Lipinski definition) is 2. The van der Waals surface area contributed by atoms with Crippen molar-refractivity contribution >= 4 is 17.5 Å². The Balaban J connectivity index is 2.21. The number of rotatable bonds is 1. The normalized spacial score (nSPS) is 14.8. The van der Waals surface area contributed by atoms with Crippen molar-refractivity contribution in [2.45, 2.75) is 12.6 Å². The Labute approximate surface area is 90.5 Å². The second-order valence-electron chi connectivity index (χ2n) is 3.43. The predicted molar refractivity (Wildman–Crippen MR) is 57.2 cm³/mol. The van der Waals surface area contributed by atoms with Crippen LogP contribution in [0, 0.1) is 0 Å². The van der Waals surface area contributed by atoms with Crippen LogP contribution < -0.4 is 5.43 Å². The minimum atomic E-state index is -4.23. The van der Waals surface area contributed by atoms with E-state index < -0.39 is 12.6 Å². The topological polar surface area (TPSA) is 24.4 Å². The molecule has 5 heteroatoms. The second kappa shape index (κ2) is 4.00. The molecule has 0 aromatic heterocycles. The molecular weight excluding hydrogens is 217 g/mol. The van der Waals surface area contributed by atoms with Crippen LogP contribution in [0.2, 0.25) is 0 Å². The van der Waals surface area contributed by atoms with Gasteiger partial charge < -0.3 is 0 Å². The van der Waals surface area contributed by atoms with Crippen molar-refractivity contribution in [3.05, 3.63) is 35.9 Å². The van der Waals surface area contributed by atoms with Gasteiger partial charge in [0, 0.05) is 0 Å². The number of para-hydroxylation sites is 1. The third-order valence-electron chi connectivity index (χ3n) is 2.12. The Morgan fingerprint density at radius 2 is 1.88 bits per heavy atom. The Bertz CT molecular complexity index is 447. The van der Waals surface area contributed by atoms with Crippen molar-refractivity contribution in [2.75, 3.05) is 5.43 Å². The second-order valence-corrected chi connectivity index (χ2v) is 3.43. The summed E-state index contributed by atoms with van der Waals surface area (Å²) >= 11 is 0. The molecule has 0 unspecified atom stereocenters. The van der Waals surface area contributed by atoms with Gasteiger partial charge in [-0.05, 0) is 17.7 Å². The van der Waals surface area contributed by atoms with Crippen LogP contribution in [0.15, 0.2) is 35.4 Å². The van der Waals surface area contributed by atoms with Crippen LogP contribution in [0.1, 0.15) is 12.0 Å². The van der Waals surface area contributed by atoms with Gasteiger partial charge in [0.25, 0.3) is 0 Å². The van der Waals surface area contributed by atoms with Gasteiger partial charge in [-0.3, -0.25) is 5.43 Å². The lowest BCUT2D eigenvalue weighted by molar-refractivity contribution is -0.121. The zero-order valence-corrected chi connectivity index (χ0v) is 8.25. The van der Waals surface area contributed by atoms with Crippen molar-refractivity contribution < 1.29 is 13.2 Å². The number of halogens is 3. The smallest absolute Gasteiger partial charge is 0.278 e. The maximum absolute atomic E-state index is 12.2. The molecule has 1 aliphatic heterocycles. The molecule has 84 valence electrons. The molecule has 0 radical (unpaired) electrons. The quantitative estimate of drug-likeness (QED) is 0.779. The number of nitrogens with zero attached hydrogens (tertiary/aromatic N) is 1.